The Hall–Kier alpha value is -1.82. The fourth-order valence-corrected chi connectivity index (χ4v) is 4.40. The first kappa shape index (κ1) is 20.9. The fourth-order valence-electron chi connectivity index (χ4n) is 2.82. The van der Waals surface area contributed by atoms with Crippen molar-refractivity contribution in [2.24, 2.45) is 4.99 Å². The molecule has 1 aliphatic heterocycles. The first-order valence-corrected chi connectivity index (χ1v) is 11.1. The van der Waals surface area contributed by atoms with Crippen molar-refractivity contribution >= 4 is 52.3 Å². The van der Waals surface area contributed by atoms with Crippen LogP contribution in [0.5, 0.6) is 0 Å². The maximum absolute atomic E-state index is 6.08. The van der Waals surface area contributed by atoms with Gasteiger partial charge in [-0.05, 0) is 61.5 Å². The molecular weight excluding hydrogens is 406 g/mol. The Labute approximate surface area is 182 Å². The van der Waals surface area contributed by atoms with Crippen LogP contribution in [0.3, 0.4) is 0 Å². The van der Waals surface area contributed by atoms with Gasteiger partial charge in [-0.2, -0.15) is 0 Å². The summed E-state index contributed by atoms with van der Waals surface area (Å²) in [6.45, 7) is 5.93. The summed E-state index contributed by atoms with van der Waals surface area (Å²) < 4.78 is 2.12. The van der Waals surface area contributed by atoms with Crippen LogP contribution < -0.4 is 4.90 Å². The molecule has 28 heavy (non-hydrogen) atoms. The average molecular weight is 430 g/mol. The highest BCUT2D eigenvalue weighted by Crippen LogP contribution is 2.38. The lowest BCUT2D eigenvalue weighted by Gasteiger charge is -2.19. The summed E-state index contributed by atoms with van der Waals surface area (Å²) >= 11 is 13.5. The topological polar surface area (TPSA) is 18.8 Å². The van der Waals surface area contributed by atoms with Gasteiger partial charge in [-0.3, -0.25) is 14.2 Å². The summed E-state index contributed by atoms with van der Waals surface area (Å²) in [4.78, 5) is 7.00. The number of hydrogen-bond acceptors (Lipinski definition) is 3. The Bertz CT molecular complexity index is 863. The SMILES string of the molecule is CCCCN=C(C=C1SN(CC)C(=S)N1c1ccccc1)c1ccc(Cl)cc1. The van der Waals surface area contributed by atoms with Crippen LogP contribution in [0.2, 0.25) is 5.02 Å². The van der Waals surface area contributed by atoms with Crippen molar-refractivity contribution < 1.29 is 0 Å². The molecule has 2 aromatic carbocycles. The van der Waals surface area contributed by atoms with Crippen LogP contribution in [0.25, 0.3) is 0 Å². The highest BCUT2D eigenvalue weighted by atomic mass is 35.5. The molecule has 0 atom stereocenters. The van der Waals surface area contributed by atoms with E-state index in [2.05, 4.69) is 41.3 Å². The van der Waals surface area contributed by atoms with E-state index in [9.17, 15) is 0 Å². The third-order valence-corrected chi connectivity index (χ3v) is 6.23. The number of hydrogen-bond donors (Lipinski definition) is 0. The van der Waals surface area contributed by atoms with E-state index in [1.165, 1.54) is 0 Å². The molecule has 1 heterocycles. The van der Waals surface area contributed by atoms with E-state index in [-0.39, 0.29) is 0 Å². The molecular formula is C22H24ClN3S2. The lowest BCUT2D eigenvalue weighted by atomic mass is 10.1. The van der Waals surface area contributed by atoms with Crippen molar-refractivity contribution in [1.82, 2.24) is 4.31 Å². The van der Waals surface area contributed by atoms with Gasteiger partial charge in [0, 0.05) is 35.7 Å². The molecule has 0 bridgehead atoms. The van der Waals surface area contributed by atoms with Crippen molar-refractivity contribution in [2.45, 2.75) is 26.7 Å². The molecule has 0 aromatic heterocycles. The zero-order valence-electron chi connectivity index (χ0n) is 16.1. The zero-order chi connectivity index (χ0) is 19.9. The number of thiocarbonyl (C=S) groups is 1. The maximum Gasteiger partial charge on any atom is 0.191 e. The van der Waals surface area contributed by atoms with E-state index in [4.69, 9.17) is 28.8 Å². The number of nitrogens with zero attached hydrogens (tertiary/aromatic N) is 3. The normalized spacial score (nSPS) is 16.3. The third-order valence-electron chi connectivity index (χ3n) is 4.32. The number of aliphatic imine (C=N–C) groups is 1. The van der Waals surface area contributed by atoms with E-state index in [1.807, 2.05) is 42.5 Å². The van der Waals surface area contributed by atoms with Crippen molar-refractivity contribution in [1.29, 1.82) is 0 Å². The van der Waals surface area contributed by atoms with Gasteiger partial charge in [-0.15, -0.1) is 0 Å². The van der Waals surface area contributed by atoms with Crippen LogP contribution in [0.1, 0.15) is 32.3 Å². The summed E-state index contributed by atoms with van der Waals surface area (Å²) in [6, 6.07) is 18.1. The number of unbranched alkanes of at least 4 members (excludes halogenated alkanes) is 1. The minimum Gasteiger partial charge on any atom is -0.287 e. The van der Waals surface area contributed by atoms with Gasteiger partial charge in [0.15, 0.2) is 5.11 Å². The predicted octanol–water partition coefficient (Wildman–Crippen LogP) is 6.55. The molecule has 0 spiro atoms. The Morgan fingerprint density at radius 1 is 1.11 bits per heavy atom. The van der Waals surface area contributed by atoms with E-state index >= 15 is 0 Å². The number of halogens is 1. The van der Waals surface area contributed by atoms with Crippen molar-refractivity contribution in [2.75, 3.05) is 18.0 Å². The monoisotopic (exact) mass is 429 g/mol. The first-order chi connectivity index (χ1) is 13.6. The van der Waals surface area contributed by atoms with Gasteiger partial charge in [-0.25, -0.2) is 0 Å². The van der Waals surface area contributed by atoms with Gasteiger partial charge in [0.1, 0.15) is 5.03 Å². The summed E-state index contributed by atoms with van der Waals surface area (Å²) in [5.41, 5.74) is 3.07. The molecule has 0 unspecified atom stereocenters. The van der Waals surface area contributed by atoms with Crippen LogP contribution in [0.4, 0.5) is 5.69 Å². The summed E-state index contributed by atoms with van der Waals surface area (Å²) in [5.74, 6) is 0. The molecule has 0 saturated carbocycles. The van der Waals surface area contributed by atoms with E-state index in [0.29, 0.717) is 0 Å². The number of allylic oxidation sites excluding steroid dienone is 1. The van der Waals surface area contributed by atoms with E-state index in [1.54, 1.807) is 11.9 Å². The molecule has 0 radical (unpaired) electrons. The standard InChI is InChI=1S/C22H24ClN3S2/c1-3-5-15-24-20(17-11-13-18(23)14-12-17)16-21-26(19-9-7-6-8-10-19)22(27)25(4-2)28-21/h6-14,16H,3-5,15H2,1-2H3. The lowest BCUT2D eigenvalue weighted by Crippen LogP contribution is -2.30. The predicted molar refractivity (Wildman–Crippen MR) is 127 cm³/mol. The Balaban J connectivity index is 2.02. The van der Waals surface area contributed by atoms with Gasteiger partial charge < -0.3 is 0 Å². The minimum absolute atomic E-state index is 0.726. The Kier molecular flexibility index (Phi) is 7.54. The molecule has 1 saturated heterocycles. The number of para-hydroxylation sites is 1. The van der Waals surface area contributed by atoms with Gasteiger partial charge in [0.25, 0.3) is 0 Å². The van der Waals surface area contributed by atoms with Gasteiger partial charge in [-0.1, -0.05) is 55.3 Å². The molecule has 146 valence electrons. The Morgan fingerprint density at radius 2 is 1.82 bits per heavy atom. The minimum atomic E-state index is 0.726. The molecule has 0 N–H and O–H groups in total. The second-order valence-corrected chi connectivity index (χ2v) is 8.19. The molecule has 6 heteroatoms. The molecule has 2 aromatic rings. The summed E-state index contributed by atoms with van der Waals surface area (Å²) in [5, 5.41) is 2.58. The van der Waals surface area contributed by atoms with Gasteiger partial charge >= 0.3 is 0 Å². The first-order valence-electron chi connectivity index (χ1n) is 9.50. The quantitative estimate of drug-likeness (QED) is 0.215. The lowest BCUT2D eigenvalue weighted by molar-refractivity contribution is 0.732. The number of anilines is 1. The van der Waals surface area contributed by atoms with Crippen LogP contribution in [-0.4, -0.2) is 28.2 Å². The highest BCUT2D eigenvalue weighted by molar-refractivity contribution is 8.03. The van der Waals surface area contributed by atoms with Gasteiger partial charge in [0.05, 0.1) is 5.71 Å². The maximum atomic E-state index is 6.08. The zero-order valence-corrected chi connectivity index (χ0v) is 18.5. The molecule has 3 rings (SSSR count). The third kappa shape index (κ3) is 4.96. The van der Waals surface area contributed by atoms with E-state index in [0.717, 1.165) is 58.1 Å². The largest absolute Gasteiger partial charge is 0.287 e. The van der Waals surface area contributed by atoms with Crippen LogP contribution in [0, 0.1) is 0 Å². The smallest absolute Gasteiger partial charge is 0.191 e. The van der Waals surface area contributed by atoms with Crippen LogP contribution in [0.15, 0.2) is 70.7 Å². The number of rotatable bonds is 7. The summed E-state index contributed by atoms with van der Waals surface area (Å²) in [6.07, 6.45) is 4.32. The van der Waals surface area contributed by atoms with Crippen molar-refractivity contribution in [3.8, 4) is 0 Å². The van der Waals surface area contributed by atoms with Crippen LogP contribution >= 0.6 is 35.8 Å². The fraction of sp³-hybridized carbons (Fsp3) is 0.273. The number of benzene rings is 2. The molecule has 1 aliphatic rings. The van der Waals surface area contributed by atoms with Crippen molar-refractivity contribution in [3.05, 3.63) is 76.3 Å². The summed E-state index contributed by atoms with van der Waals surface area (Å²) in [7, 11) is 0. The molecule has 0 aliphatic carbocycles. The average Bonchev–Trinajstić information content (AvgIpc) is 3.03. The highest BCUT2D eigenvalue weighted by Gasteiger charge is 2.31. The second kappa shape index (κ2) is 10.1. The van der Waals surface area contributed by atoms with E-state index < -0.39 is 0 Å². The molecule has 0 amide bonds. The molecule has 3 nitrogen and oxygen atoms in total. The second-order valence-electron chi connectivity index (χ2n) is 6.35. The Morgan fingerprint density at radius 3 is 2.46 bits per heavy atom. The molecule has 1 fully saturated rings. The van der Waals surface area contributed by atoms with Gasteiger partial charge in [0.2, 0.25) is 0 Å². The van der Waals surface area contributed by atoms with Crippen LogP contribution in [-0.2, 0) is 0 Å². The van der Waals surface area contributed by atoms with Crippen molar-refractivity contribution in [3.63, 3.8) is 0 Å².